The van der Waals surface area contributed by atoms with Crippen molar-refractivity contribution in [2.24, 2.45) is 0 Å². The van der Waals surface area contributed by atoms with E-state index >= 15 is 0 Å². The summed E-state index contributed by atoms with van der Waals surface area (Å²) in [5.74, 6) is -0.289. The van der Waals surface area contributed by atoms with E-state index < -0.39 is 0 Å². The predicted octanol–water partition coefficient (Wildman–Crippen LogP) is 6.05. The number of thiophene rings is 1. The van der Waals surface area contributed by atoms with E-state index in [4.69, 9.17) is 23.2 Å². The molecular weight excluding hydrogens is 384 g/mol. The van der Waals surface area contributed by atoms with Crippen molar-refractivity contribution in [1.29, 1.82) is 0 Å². The van der Waals surface area contributed by atoms with Crippen LogP contribution in [-0.4, -0.2) is 6.54 Å². The molecule has 0 aliphatic carbocycles. The van der Waals surface area contributed by atoms with Crippen LogP contribution in [0.3, 0.4) is 0 Å². The Kier molecular flexibility index (Phi) is 5.87. The van der Waals surface area contributed by atoms with Gasteiger partial charge in [-0.3, -0.25) is 0 Å². The minimum Gasteiger partial charge on any atom is -0.306 e. The molecule has 6 heteroatoms. The van der Waals surface area contributed by atoms with Crippen LogP contribution >= 0.6 is 50.5 Å². The van der Waals surface area contributed by atoms with Crippen molar-refractivity contribution in [3.8, 4) is 0 Å². The van der Waals surface area contributed by atoms with Gasteiger partial charge in [-0.1, -0.05) is 36.2 Å². The summed E-state index contributed by atoms with van der Waals surface area (Å²) in [4.78, 5) is 0. The van der Waals surface area contributed by atoms with E-state index in [9.17, 15) is 4.39 Å². The maximum Gasteiger partial charge on any atom is 0.137 e. The third-order valence-electron chi connectivity index (χ3n) is 2.87. The standard InChI is InChI=1S/C14H13BrCl2FNS/c1-2-5-19-13(9-7-12(16)20-14(9)17)8-3-4-10(15)11(18)6-8/h3-4,6-7,13,19H,2,5H2,1H3. The summed E-state index contributed by atoms with van der Waals surface area (Å²) in [6.45, 7) is 2.89. The normalized spacial score (nSPS) is 12.7. The zero-order valence-corrected chi connectivity index (χ0v) is 14.6. The van der Waals surface area contributed by atoms with Crippen molar-refractivity contribution in [1.82, 2.24) is 5.32 Å². The van der Waals surface area contributed by atoms with E-state index in [0.717, 1.165) is 24.1 Å². The van der Waals surface area contributed by atoms with Gasteiger partial charge in [0.05, 0.1) is 19.2 Å². The number of hydrogen-bond acceptors (Lipinski definition) is 2. The molecule has 1 aromatic heterocycles. The highest BCUT2D eigenvalue weighted by atomic mass is 79.9. The Morgan fingerprint density at radius 2 is 2.10 bits per heavy atom. The fraction of sp³-hybridized carbons (Fsp3) is 0.286. The Morgan fingerprint density at radius 3 is 2.65 bits per heavy atom. The average molecular weight is 397 g/mol. The summed E-state index contributed by atoms with van der Waals surface area (Å²) in [6, 6.07) is 6.77. The molecule has 1 nitrogen and oxygen atoms in total. The summed E-state index contributed by atoms with van der Waals surface area (Å²) >= 11 is 16.7. The molecule has 1 unspecified atom stereocenters. The number of rotatable bonds is 5. The van der Waals surface area contributed by atoms with Crippen molar-refractivity contribution < 1.29 is 4.39 Å². The molecule has 0 aliphatic rings. The molecule has 0 fully saturated rings. The van der Waals surface area contributed by atoms with Crippen LogP contribution in [0.2, 0.25) is 8.67 Å². The molecule has 0 amide bonds. The van der Waals surface area contributed by atoms with Gasteiger partial charge >= 0.3 is 0 Å². The average Bonchev–Trinajstić information content (AvgIpc) is 2.73. The van der Waals surface area contributed by atoms with E-state index in [2.05, 4.69) is 28.2 Å². The summed E-state index contributed by atoms with van der Waals surface area (Å²) in [5, 5.41) is 3.38. The fourth-order valence-corrected chi connectivity index (χ4v) is 3.72. The SMILES string of the molecule is CCCNC(c1ccc(Br)c(F)c1)c1cc(Cl)sc1Cl. The Bertz CT molecular complexity index is 603. The molecule has 108 valence electrons. The van der Waals surface area contributed by atoms with Crippen molar-refractivity contribution >= 4 is 50.5 Å². The highest BCUT2D eigenvalue weighted by Crippen LogP contribution is 2.38. The summed E-state index contributed by atoms with van der Waals surface area (Å²) < 4.78 is 15.5. The van der Waals surface area contributed by atoms with E-state index in [1.54, 1.807) is 6.07 Å². The molecule has 0 bridgehead atoms. The van der Waals surface area contributed by atoms with E-state index in [-0.39, 0.29) is 11.9 Å². The van der Waals surface area contributed by atoms with Gasteiger partial charge in [0, 0.05) is 5.56 Å². The van der Waals surface area contributed by atoms with Crippen LogP contribution in [0.1, 0.15) is 30.5 Å². The molecule has 0 aliphatic heterocycles. The molecule has 1 atom stereocenters. The van der Waals surface area contributed by atoms with Crippen molar-refractivity contribution in [2.75, 3.05) is 6.54 Å². The van der Waals surface area contributed by atoms with Crippen LogP contribution in [0.4, 0.5) is 4.39 Å². The lowest BCUT2D eigenvalue weighted by Gasteiger charge is -2.19. The number of benzene rings is 1. The van der Waals surface area contributed by atoms with Gasteiger partial charge in [0.1, 0.15) is 5.82 Å². The molecule has 2 rings (SSSR count). The van der Waals surface area contributed by atoms with E-state index in [1.807, 2.05) is 12.1 Å². The van der Waals surface area contributed by atoms with Crippen LogP contribution in [0.15, 0.2) is 28.7 Å². The quantitative estimate of drug-likeness (QED) is 0.648. The zero-order chi connectivity index (χ0) is 14.7. The minimum atomic E-state index is -0.289. The molecule has 2 aromatic rings. The summed E-state index contributed by atoms with van der Waals surface area (Å²) in [6.07, 6.45) is 0.977. The first-order valence-corrected chi connectivity index (χ1v) is 8.52. The first-order valence-electron chi connectivity index (χ1n) is 6.16. The second-order valence-corrected chi connectivity index (χ2v) is 7.48. The van der Waals surface area contributed by atoms with Gasteiger partial charge in [0.15, 0.2) is 0 Å². The summed E-state index contributed by atoms with van der Waals surface area (Å²) in [7, 11) is 0. The third kappa shape index (κ3) is 3.74. The van der Waals surface area contributed by atoms with E-state index in [0.29, 0.717) is 13.1 Å². The topological polar surface area (TPSA) is 12.0 Å². The molecule has 1 aromatic carbocycles. The molecule has 0 saturated carbocycles. The van der Waals surface area contributed by atoms with E-state index in [1.165, 1.54) is 17.4 Å². The molecular formula is C14H13BrCl2FNS. The number of hydrogen-bond donors (Lipinski definition) is 1. The minimum absolute atomic E-state index is 0.159. The van der Waals surface area contributed by atoms with Gasteiger partial charge in [-0.05, 0) is 52.7 Å². The molecule has 1 N–H and O–H groups in total. The first kappa shape index (κ1) is 16.2. The van der Waals surface area contributed by atoms with Crippen LogP contribution in [0, 0.1) is 5.82 Å². The molecule has 1 heterocycles. The highest BCUT2D eigenvalue weighted by Gasteiger charge is 2.20. The van der Waals surface area contributed by atoms with Gasteiger partial charge < -0.3 is 5.32 Å². The van der Waals surface area contributed by atoms with Gasteiger partial charge in [-0.15, -0.1) is 11.3 Å². The maximum atomic E-state index is 13.8. The monoisotopic (exact) mass is 395 g/mol. The lowest BCUT2D eigenvalue weighted by molar-refractivity contribution is 0.584. The number of halogens is 4. The van der Waals surface area contributed by atoms with Crippen LogP contribution < -0.4 is 5.32 Å². The largest absolute Gasteiger partial charge is 0.306 e. The van der Waals surface area contributed by atoms with Crippen LogP contribution in [0.25, 0.3) is 0 Å². The van der Waals surface area contributed by atoms with Crippen molar-refractivity contribution in [3.05, 3.63) is 54.4 Å². The smallest absolute Gasteiger partial charge is 0.137 e. The third-order valence-corrected chi connectivity index (χ3v) is 5.03. The Balaban J connectivity index is 2.41. The number of nitrogens with one attached hydrogen (secondary N) is 1. The lowest BCUT2D eigenvalue weighted by atomic mass is 10.0. The molecule has 0 saturated heterocycles. The molecule has 20 heavy (non-hydrogen) atoms. The predicted molar refractivity (Wildman–Crippen MR) is 88.6 cm³/mol. The highest BCUT2D eigenvalue weighted by molar-refractivity contribution is 9.10. The molecule has 0 radical (unpaired) electrons. The Hall–Kier alpha value is -0.130. The van der Waals surface area contributed by atoms with Crippen LogP contribution in [0.5, 0.6) is 0 Å². The van der Waals surface area contributed by atoms with Crippen LogP contribution in [-0.2, 0) is 0 Å². The fourth-order valence-electron chi connectivity index (χ4n) is 1.94. The Labute approximate surface area is 140 Å². The summed E-state index contributed by atoms with van der Waals surface area (Å²) in [5.41, 5.74) is 1.72. The van der Waals surface area contributed by atoms with Gasteiger partial charge in [0.2, 0.25) is 0 Å². The van der Waals surface area contributed by atoms with Crippen molar-refractivity contribution in [3.63, 3.8) is 0 Å². The second kappa shape index (κ2) is 7.23. The van der Waals surface area contributed by atoms with Gasteiger partial charge in [0.25, 0.3) is 0 Å². The van der Waals surface area contributed by atoms with Gasteiger partial charge in [-0.2, -0.15) is 0 Å². The van der Waals surface area contributed by atoms with Crippen molar-refractivity contribution in [2.45, 2.75) is 19.4 Å². The second-order valence-electron chi connectivity index (χ2n) is 4.34. The zero-order valence-electron chi connectivity index (χ0n) is 10.7. The molecule has 0 spiro atoms. The maximum absolute atomic E-state index is 13.8. The first-order chi connectivity index (χ1) is 9.52. The Morgan fingerprint density at radius 1 is 1.35 bits per heavy atom. The lowest BCUT2D eigenvalue weighted by Crippen LogP contribution is -2.23. The van der Waals surface area contributed by atoms with Gasteiger partial charge in [-0.25, -0.2) is 4.39 Å².